The van der Waals surface area contributed by atoms with E-state index in [1.807, 2.05) is 32.0 Å². The summed E-state index contributed by atoms with van der Waals surface area (Å²) in [6, 6.07) is 14.5. The second-order valence-electron chi connectivity index (χ2n) is 9.90. The molecule has 4 aromatic rings. The first-order chi connectivity index (χ1) is 16.6. The highest BCUT2D eigenvalue weighted by molar-refractivity contribution is 5.76. The molecule has 2 aliphatic rings. The molecule has 0 radical (unpaired) electrons. The molecule has 0 spiro atoms. The fraction of sp³-hybridized carbons (Fsp3) is 0.444. The molecule has 4 atom stereocenters. The predicted molar refractivity (Wildman–Crippen MR) is 130 cm³/mol. The van der Waals surface area contributed by atoms with Crippen LogP contribution in [-0.2, 0) is 6.54 Å². The first-order valence-electron chi connectivity index (χ1n) is 12.2. The van der Waals surface area contributed by atoms with Crippen LogP contribution < -0.4 is 4.74 Å². The van der Waals surface area contributed by atoms with Crippen LogP contribution in [-0.4, -0.2) is 43.8 Å². The molecule has 0 N–H and O–H groups in total. The minimum Gasteiger partial charge on any atom is -0.472 e. The van der Waals surface area contributed by atoms with Gasteiger partial charge >= 0.3 is 0 Å². The monoisotopic (exact) mass is 457 g/mol. The van der Waals surface area contributed by atoms with E-state index < -0.39 is 0 Å². The zero-order valence-electron chi connectivity index (χ0n) is 20.0. The van der Waals surface area contributed by atoms with Crippen molar-refractivity contribution >= 4 is 11.0 Å². The summed E-state index contributed by atoms with van der Waals surface area (Å²) in [6.45, 7) is 9.23. The van der Waals surface area contributed by atoms with Crippen molar-refractivity contribution in [1.29, 1.82) is 0 Å². The van der Waals surface area contributed by atoms with E-state index in [2.05, 4.69) is 50.8 Å². The van der Waals surface area contributed by atoms with Gasteiger partial charge in [-0.25, -0.2) is 9.97 Å². The number of aryl methyl sites for hydroxylation is 3. The zero-order valence-corrected chi connectivity index (χ0v) is 20.0. The number of nitrogens with zero attached hydrogens (tertiary/aromatic N) is 5. The molecule has 0 unspecified atom stereocenters. The maximum absolute atomic E-state index is 6.58. The number of fused-ring (bicyclic) bond motifs is 2. The Bertz CT molecular complexity index is 1280. The highest BCUT2D eigenvalue weighted by Crippen LogP contribution is 2.44. The largest absolute Gasteiger partial charge is 0.472 e. The fourth-order valence-corrected chi connectivity index (χ4v) is 6.12. The lowest BCUT2D eigenvalue weighted by Gasteiger charge is -2.39. The Morgan fingerprint density at radius 2 is 1.79 bits per heavy atom. The molecule has 0 bridgehead atoms. The first kappa shape index (κ1) is 21.4. The number of ether oxygens (including phenoxy) is 1. The summed E-state index contributed by atoms with van der Waals surface area (Å²) in [5.74, 6) is 3.89. The Morgan fingerprint density at radius 3 is 2.56 bits per heavy atom. The lowest BCUT2D eigenvalue weighted by atomic mass is 9.77. The third kappa shape index (κ3) is 3.78. The van der Waals surface area contributed by atoms with Crippen LogP contribution in [0.25, 0.3) is 11.0 Å². The van der Waals surface area contributed by atoms with Crippen LogP contribution in [0.15, 0.2) is 53.2 Å². The molecular formula is C27H31N5O2. The maximum Gasteiger partial charge on any atom is 0.213 e. The Kier molecular flexibility index (Phi) is 5.37. The van der Waals surface area contributed by atoms with Gasteiger partial charge in [0.2, 0.25) is 5.88 Å². The molecule has 1 saturated carbocycles. The second-order valence-corrected chi connectivity index (χ2v) is 9.90. The van der Waals surface area contributed by atoms with Gasteiger partial charge < -0.3 is 13.8 Å². The van der Waals surface area contributed by atoms with E-state index in [9.17, 15) is 0 Å². The van der Waals surface area contributed by atoms with E-state index in [4.69, 9.17) is 14.2 Å². The summed E-state index contributed by atoms with van der Waals surface area (Å²) >= 11 is 0. The van der Waals surface area contributed by atoms with E-state index >= 15 is 0 Å². The average Bonchev–Trinajstić information content (AvgIpc) is 3.49. The number of para-hydroxylation sites is 2. The number of benzene rings is 1. The molecule has 176 valence electrons. The molecule has 7 nitrogen and oxygen atoms in total. The van der Waals surface area contributed by atoms with Gasteiger partial charge in [-0.3, -0.25) is 4.90 Å². The summed E-state index contributed by atoms with van der Waals surface area (Å²) in [5.41, 5.74) is 4.46. The van der Waals surface area contributed by atoms with Gasteiger partial charge in [0.05, 0.1) is 22.8 Å². The van der Waals surface area contributed by atoms with Crippen molar-refractivity contribution < 1.29 is 9.26 Å². The van der Waals surface area contributed by atoms with Crippen LogP contribution in [0.1, 0.15) is 41.7 Å². The Morgan fingerprint density at radius 1 is 1.00 bits per heavy atom. The van der Waals surface area contributed by atoms with Gasteiger partial charge in [-0.15, -0.1) is 0 Å². The van der Waals surface area contributed by atoms with Gasteiger partial charge in [-0.1, -0.05) is 23.4 Å². The summed E-state index contributed by atoms with van der Waals surface area (Å²) < 4.78 is 14.4. The van der Waals surface area contributed by atoms with Crippen LogP contribution in [0, 0.1) is 32.6 Å². The van der Waals surface area contributed by atoms with Gasteiger partial charge in [-0.2, -0.15) is 0 Å². The molecule has 0 amide bonds. The normalized spacial score (nSPS) is 25.0. The van der Waals surface area contributed by atoms with Gasteiger partial charge in [0, 0.05) is 37.5 Å². The lowest BCUT2D eigenvalue weighted by molar-refractivity contribution is 0.0522. The Labute approximate surface area is 199 Å². The van der Waals surface area contributed by atoms with Crippen LogP contribution in [0.5, 0.6) is 5.88 Å². The first-order valence-corrected chi connectivity index (χ1v) is 12.2. The molecule has 7 heteroatoms. The van der Waals surface area contributed by atoms with Crippen LogP contribution in [0.4, 0.5) is 0 Å². The van der Waals surface area contributed by atoms with Crippen LogP contribution >= 0.6 is 0 Å². The van der Waals surface area contributed by atoms with Crippen molar-refractivity contribution in [3.8, 4) is 5.88 Å². The van der Waals surface area contributed by atoms with Gasteiger partial charge in [0.25, 0.3) is 0 Å². The number of pyridine rings is 1. The Hall–Kier alpha value is -3.19. The van der Waals surface area contributed by atoms with Gasteiger partial charge in [0.15, 0.2) is 0 Å². The molecular weight excluding hydrogens is 426 g/mol. The minimum absolute atomic E-state index is 0.0477. The van der Waals surface area contributed by atoms with Crippen LogP contribution in [0.2, 0.25) is 0 Å². The van der Waals surface area contributed by atoms with E-state index in [0.29, 0.717) is 17.7 Å². The highest BCUT2D eigenvalue weighted by Gasteiger charge is 2.45. The van der Waals surface area contributed by atoms with Crippen molar-refractivity contribution in [3.63, 3.8) is 0 Å². The van der Waals surface area contributed by atoms with Crippen molar-refractivity contribution in [1.82, 2.24) is 24.6 Å². The number of imidazole rings is 1. The van der Waals surface area contributed by atoms with E-state index in [1.54, 1.807) is 6.20 Å². The summed E-state index contributed by atoms with van der Waals surface area (Å²) in [6.07, 6.45) is 3.93. The van der Waals surface area contributed by atoms with Crippen molar-refractivity contribution in [2.45, 2.75) is 52.3 Å². The molecule has 3 aromatic heterocycles. The van der Waals surface area contributed by atoms with Crippen molar-refractivity contribution in [2.75, 3.05) is 13.1 Å². The maximum atomic E-state index is 6.58. The third-order valence-electron chi connectivity index (χ3n) is 7.74. The zero-order chi connectivity index (χ0) is 23.2. The molecule has 1 aliphatic carbocycles. The number of hydrogen-bond acceptors (Lipinski definition) is 6. The van der Waals surface area contributed by atoms with E-state index in [0.717, 1.165) is 55.3 Å². The molecule has 34 heavy (non-hydrogen) atoms. The number of hydrogen-bond donors (Lipinski definition) is 0. The average molecular weight is 458 g/mol. The highest BCUT2D eigenvalue weighted by atomic mass is 16.5. The summed E-state index contributed by atoms with van der Waals surface area (Å²) in [5, 5.41) is 4.15. The topological polar surface area (TPSA) is 69.2 Å². The molecule has 1 aromatic carbocycles. The predicted octanol–water partition coefficient (Wildman–Crippen LogP) is 4.88. The number of aromatic nitrogens is 4. The van der Waals surface area contributed by atoms with Crippen molar-refractivity contribution in [3.05, 3.63) is 71.5 Å². The quantitative estimate of drug-likeness (QED) is 0.426. The lowest BCUT2D eigenvalue weighted by Crippen LogP contribution is -2.40. The molecule has 1 saturated heterocycles. The summed E-state index contributed by atoms with van der Waals surface area (Å²) in [4.78, 5) is 11.9. The molecule has 6 rings (SSSR count). The minimum atomic E-state index is 0.0477. The molecule has 4 heterocycles. The van der Waals surface area contributed by atoms with Gasteiger partial charge in [0.1, 0.15) is 17.7 Å². The standard InChI is InChI=1S/C27H31N5O2/c1-17-22(18(2)34-30-17)16-31-14-20-12-25(32-19(3)29-23-8-4-5-9-24(23)32)26(13-21(20)15-31)33-27-10-6-7-11-28-27/h4-11,20-21,25-26H,12-16H2,1-3H3/t20-,21+,25-,26-/m0/s1. The number of rotatable bonds is 5. The van der Waals surface area contributed by atoms with Gasteiger partial charge in [-0.05, 0) is 63.6 Å². The molecule has 1 aliphatic heterocycles. The summed E-state index contributed by atoms with van der Waals surface area (Å²) in [7, 11) is 0. The van der Waals surface area contributed by atoms with Crippen LogP contribution in [0.3, 0.4) is 0 Å². The second kappa shape index (κ2) is 8.55. The SMILES string of the molecule is Cc1noc(C)c1CN1C[C@H]2C[C@H](Oc3ccccn3)[C@@H](n3c(C)nc4ccccc43)C[C@H]2C1. The smallest absolute Gasteiger partial charge is 0.213 e. The third-order valence-corrected chi connectivity index (χ3v) is 7.74. The van der Waals surface area contributed by atoms with E-state index in [1.165, 1.54) is 11.1 Å². The van der Waals surface area contributed by atoms with E-state index in [-0.39, 0.29) is 12.1 Å². The number of likely N-dealkylation sites (tertiary alicyclic amines) is 1. The fourth-order valence-electron chi connectivity index (χ4n) is 6.12. The Balaban J connectivity index is 1.31. The molecule has 2 fully saturated rings. The van der Waals surface area contributed by atoms with Crippen molar-refractivity contribution in [2.24, 2.45) is 11.8 Å².